The van der Waals surface area contributed by atoms with Crippen LogP contribution in [0.2, 0.25) is 0 Å². The molecule has 0 saturated carbocycles. The summed E-state index contributed by atoms with van der Waals surface area (Å²) in [4.78, 5) is 23.9. The maximum absolute atomic E-state index is 12.0. The Labute approximate surface area is 116 Å². The molecule has 5 nitrogen and oxygen atoms in total. The second-order valence-electron chi connectivity index (χ2n) is 4.73. The Morgan fingerprint density at radius 2 is 2.15 bits per heavy atom. The number of aliphatic hydroxyl groups excluding tert-OH is 1. The molecule has 1 aromatic heterocycles. The Bertz CT molecular complexity index is 662. The van der Waals surface area contributed by atoms with Crippen molar-refractivity contribution in [3.05, 3.63) is 46.3 Å². The second kappa shape index (κ2) is 6.34. The molecule has 1 unspecified atom stereocenters. The van der Waals surface area contributed by atoms with Gasteiger partial charge in [-0.2, -0.15) is 0 Å². The molecule has 2 rings (SSSR count). The molecule has 0 radical (unpaired) electrons. The van der Waals surface area contributed by atoms with E-state index in [0.717, 1.165) is 0 Å². The molecule has 1 atom stereocenters. The fourth-order valence-electron chi connectivity index (χ4n) is 1.99. The number of carbonyl (C=O) groups excluding carboxylic acids is 1. The van der Waals surface area contributed by atoms with Crippen LogP contribution in [0, 0.1) is 0 Å². The van der Waals surface area contributed by atoms with Gasteiger partial charge >= 0.3 is 5.63 Å². The number of rotatable bonds is 5. The molecule has 5 heteroatoms. The molecule has 0 spiro atoms. The molecule has 0 aliphatic heterocycles. The Morgan fingerprint density at radius 1 is 1.40 bits per heavy atom. The van der Waals surface area contributed by atoms with Crippen LogP contribution in [0.1, 0.15) is 30.1 Å². The smallest absolute Gasteiger partial charge is 0.349 e. The van der Waals surface area contributed by atoms with E-state index in [4.69, 9.17) is 9.52 Å². The number of carbonyl (C=O) groups is 1. The third-order valence-electron chi connectivity index (χ3n) is 3.06. The summed E-state index contributed by atoms with van der Waals surface area (Å²) in [5.41, 5.74) is -0.183. The average molecular weight is 275 g/mol. The molecule has 1 aromatic carbocycles. The second-order valence-corrected chi connectivity index (χ2v) is 4.73. The van der Waals surface area contributed by atoms with Crippen LogP contribution in [0.4, 0.5) is 0 Å². The van der Waals surface area contributed by atoms with Crippen LogP contribution in [0.3, 0.4) is 0 Å². The van der Waals surface area contributed by atoms with Gasteiger partial charge in [-0.1, -0.05) is 18.2 Å². The quantitative estimate of drug-likeness (QED) is 0.814. The van der Waals surface area contributed by atoms with Gasteiger partial charge in [-0.15, -0.1) is 0 Å². The zero-order valence-corrected chi connectivity index (χ0v) is 11.3. The van der Waals surface area contributed by atoms with Crippen molar-refractivity contribution in [2.75, 3.05) is 6.61 Å². The third-order valence-corrected chi connectivity index (χ3v) is 3.06. The zero-order valence-electron chi connectivity index (χ0n) is 11.3. The Morgan fingerprint density at radius 3 is 2.90 bits per heavy atom. The first-order valence-electron chi connectivity index (χ1n) is 6.56. The van der Waals surface area contributed by atoms with Gasteiger partial charge in [0.05, 0.1) is 0 Å². The SMILES string of the molecule is CC(CCCO)NC(=O)c1cc2ccccc2oc1=O. The number of para-hydroxylation sites is 1. The van der Waals surface area contributed by atoms with Crippen LogP contribution >= 0.6 is 0 Å². The maximum Gasteiger partial charge on any atom is 0.349 e. The van der Waals surface area contributed by atoms with E-state index < -0.39 is 11.5 Å². The lowest BCUT2D eigenvalue weighted by molar-refractivity contribution is 0.0933. The van der Waals surface area contributed by atoms with Gasteiger partial charge in [0, 0.05) is 18.0 Å². The maximum atomic E-state index is 12.0. The van der Waals surface area contributed by atoms with E-state index in [1.165, 1.54) is 6.07 Å². The highest BCUT2D eigenvalue weighted by atomic mass is 16.4. The fraction of sp³-hybridized carbons (Fsp3) is 0.333. The summed E-state index contributed by atoms with van der Waals surface area (Å²) in [6.07, 6.45) is 1.26. The summed E-state index contributed by atoms with van der Waals surface area (Å²) in [5.74, 6) is -0.449. The standard InChI is InChI=1S/C15H17NO4/c1-10(5-4-8-17)16-14(18)12-9-11-6-2-3-7-13(11)20-15(12)19/h2-3,6-7,9-10,17H,4-5,8H2,1H3,(H,16,18). The third kappa shape index (κ3) is 3.24. The molecule has 1 amide bonds. The van der Waals surface area contributed by atoms with Crippen LogP contribution in [0.15, 0.2) is 39.5 Å². The number of hydrogen-bond donors (Lipinski definition) is 2. The highest BCUT2D eigenvalue weighted by Gasteiger charge is 2.15. The van der Waals surface area contributed by atoms with Gasteiger partial charge in [-0.3, -0.25) is 4.79 Å². The average Bonchev–Trinajstić information content (AvgIpc) is 2.44. The van der Waals surface area contributed by atoms with Crippen LogP contribution in [-0.2, 0) is 0 Å². The summed E-state index contributed by atoms with van der Waals surface area (Å²) in [6.45, 7) is 1.91. The molecule has 0 aliphatic rings. The monoisotopic (exact) mass is 275 g/mol. The molecule has 0 aliphatic carbocycles. The number of benzene rings is 1. The van der Waals surface area contributed by atoms with Gasteiger partial charge in [0.15, 0.2) is 0 Å². The van der Waals surface area contributed by atoms with Crippen LogP contribution in [0.5, 0.6) is 0 Å². The largest absolute Gasteiger partial charge is 0.422 e. The van der Waals surface area contributed by atoms with Crippen molar-refractivity contribution >= 4 is 16.9 Å². The van der Waals surface area contributed by atoms with Gasteiger partial charge in [-0.25, -0.2) is 4.79 Å². The lowest BCUT2D eigenvalue weighted by Gasteiger charge is -2.12. The van der Waals surface area contributed by atoms with Crippen molar-refractivity contribution in [2.24, 2.45) is 0 Å². The van der Waals surface area contributed by atoms with Gasteiger partial charge in [-0.05, 0) is 31.9 Å². The Balaban J connectivity index is 2.21. The molecular weight excluding hydrogens is 258 g/mol. The predicted molar refractivity (Wildman–Crippen MR) is 75.7 cm³/mol. The van der Waals surface area contributed by atoms with Crippen LogP contribution in [-0.4, -0.2) is 23.7 Å². The lowest BCUT2D eigenvalue weighted by atomic mass is 10.1. The predicted octanol–water partition coefficient (Wildman–Crippen LogP) is 1.68. The first kappa shape index (κ1) is 14.3. The van der Waals surface area contributed by atoms with E-state index in [0.29, 0.717) is 23.8 Å². The molecule has 2 N–H and O–H groups in total. The highest BCUT2D eigenvalue weighted by Crippen LogP contribution is 2.12. The van der Waals surface area contributed by atoms with Gasteiger partial charge in [0.2, 0.25) is 0 Å². The first-order chi connectivity index (χ1) is 9.61. The summed E-state index contributed by atoms with van der Waals surface area (Å²) in [5, 5.41) is 12.2. The lowest BCUT2D eigenvalue weighted by Crippen LogP contribution is -2.35. The zero-order chi connectivity index (χ0) is 14.5. The topological polar surface area (TPSA) is 79.5 Å². The number of hydrogen-bond acceptors (Lipinski definition) is 4. The molecule has 0 saturated heterocycles. The first-order valence-corrected chi connectivity index (χ1v) is 6.56. The molecule has 106 valence electrons. The van der Waals surface area contributed by atoms with E-state index >= 15 is 0 Å². The van der Waals surface area contributed by atoms with Gasteiger partial charge in [0.25, 0.3) is 5.91 Å². The molecule has 0 bridgehead atoms. The number of aliphatic hydroxyl groups is 1. The summed E-state index contributed by atoms with van der Waals surface area (Å²) in [6, 6.07) is 8.47. The summed E-state index contributed by atoms with van der Waals surface area (Å²) < 4.78 is 5.12. The van der Waals surface area contributed by atoms with Crippen molar-refractivity contribution in [3.63, 3.8) is 0 Å². The number of fused-ring (bicyclic) bond motifs is 1. The minimum Gasteiger partial charge on any atom is -0.422 e. The molecule has 2 aromatic rings. The van der Waals surface area contributed by atoms with Crippen molar-refractivity contribution in [1.82, 2.24) is 5.32 Å². The summed E-state index contributed by atoms with van der Waals surface area (Å²) in [7, 11) is 0. The van der Waals surface area contributed by atoms with E-state index in [1.807, 2.05) is 13.0 Å². The number of nitrogens with one attached hydrogen (secondary N) is 1. The van der Waals surface area contributed by atoms with Gasteiger partial charge < -0.3 is 14.8 Å². The van der Waals surface area contributed by atoms with E-state index in [-0.39, 0.29) is 18.2 Å². The fourth-order valence-corrected chi connectivity index (χ4v) is 1.99. The van der Waals surface area contributed by atoms with Crippen LogP contribution < -0.4 is 10.9 Å². The molecular formula is C15H17NO4. The molecule has 0 fully saturated rings. The van der Waals surface area contributed by atoms with Gasteiger partial charge in [0.1, 0.15) is 11.1 Å². The van der Waals surface area contributed by atoms with Crippen molar-refractivity contribution in [2.45, 2.75) is 25.8 Å². The molecule has 1 heterocycles. The summed E-state index contributed by atoms with van der Waals surface area (Å²) >= 11 is 0. The highest BCUT2D eigenvalue weighted by molar-refractivity contribution is 5.96. The van der Waals surface area contributed by atoms with E-state index in [9.17, 15) is 9.59 Å². The Kier molecular flexibility index (Phi) is 4.53. The van der Waals surface area contributed by atoms with Crippen LogP contribution in [0.25, 0.3) is 11.0 Å². The van der Waals surface area contributed by atoms with Crippen molar-refractivity contribution < 1.29 is 14.3 Å². The van der Waals surface area contributed by atoms with E-state index in [1.54, 1.807) is 18.2 Å². The molecule has 20 heavy (non-hydrogen) atoms. The van der Waals surface area contributed by atoms with Crippen molar-refractivity contribution in [1.29, 1.82) is 0 Å². The van der Waals surface area contributed by atoms with E-state index in [2.05, 4.69) is 5.32 Å². The minimum atomic E-state index is -0.643. The normalized spacial score (nSPS) is 12.3. The van der Waals surface area contributed by atoms with Crippen molar-refractivity contribution in [3.8, 4) is 0 Å². The number of amides is 1. The Hall–Kier alpha value is -2.14. The minimum absolute atomic E-state index is 0.000418.